The number of pyridine rings is 2. The highest BCUT2D eigenvalue weighted by Crippen LogP contribution is 2.22. The molecule has 6 nitrogen and oxygen atoms in total. The van der Waals surface area contributed by atoms with Gasteiger partial charge in [0.05, 0.1) is 16.9 Å². The molecule has 0 fully saturated rings. The van der Waals surface area contributed by atoms with Crippen LogP contribution in [0.2, 0.25) is 0 Å². The third kappa shape index (κ3) is 2.84. The topological polar surface area (TPSA) is 59.2 Å². The van der Waals surface area contributed by atoms with Gasteiger partial charge >= 0.3 is 0 Å². The lowest BCUT2D eigenvalue weighted by molar-refractivity contribution is 0.240. The second kappa shape index (κ2) is 6.31. The fourth-order valence-corrected chi connectivity index (χ4v) is 3.45. The van der Waals surface area contributed by atoms with Gasteiger partial charge in [0.1, 0.15) is 0 Å². The van der Waals surface area contributed by atoms with Crippen molar-refractivity contribution in [3.63, 3.8) is 0 Å². The Balaban J connectivity index is 1.35. The van der Waals surface area contributed by atoms with Crippen LogP contribution in [0.4, 0.5) is 0 Å². The predicted octanol–water partition coefficient (Wildman–Crippen LogP) is 2.74. The van der Waals surface area contributed by atoms with Gasteiger partial charge in [-0.1, -0.05) is 6.07 Å². The number of hydrogen-bond donors (Lipinski definition) is 0. The van der Waals surface area contributed by atoms with E-state index in [4.69, 9.17) is 4.98 Å². The highest BCUT2D eigenvalue weighted by atomic mass is 15.2. The summed E-state index contributed by atoms with van der Waals surface area (Å²) in [5.41, 5.74) is 5.59. The summed E-state index contributed by atoms with van der Waals surface area (Å²) in [5, 5.41) is 4.65. The van der Waals surface area contributed by atoms with Gasteiger partial charge in [-0.15, -0.1) is 0 Å². The largest absolute Gasteiger partial charge is 0.293 e. The van der Waals surface area contributed by atoms with Crippen LogP contribution in [0.25, 0.3) is 16.9 Å². The quantitative estimate of drug-likeness (QED) is 0.573. The Morgan fingerprint density at radius 1 is 1.08 bits per heavy atom. The molecule has 0 spiro atoms. The normalized spacial score (nSPS) is 14.5. The van der Waals surface area contributed by atoms with Crippen LogP contribution in [-0.2, 0) is 19.5 Å². The maximum absolute atomic E-state index is 4.77. The van der Waals surface area contributed by atoms with E-state index in [1.54, 1.807) is 12.4 Å². The van der Waals surface area contributed by atoms with Crippen molar-refractivity contribution in [3.05, 3.63) is 78.1 Å². The summed E-state index contributed by atoms with van der Waals surface area (Å²) in [6.07, 6.45) is 8.43. The Labute approximate surface area is 151 Å². The van der Waals surface area contributed by atoms with Crippen LogP contribution >= 0.6 is 0 Å². The Morgan fingerprint density at radius 2 is 2.00 bits per heavy atom. The summed E-state index contributed by atoms with van der Waals surface area (Å²) in [7, 11) is 0. The maximum Gasteiger partial charge on any atom is 0.159 e. The summed E-state index contributed by atoms with van der Waals surface area (Å²) < 4.78 is 1.93. The summed E-state index contributed by atoms with van der Waals surface area (Å²) in [5.74, 6) is 0.778. The molecule has 0 aliphatic carbocycles. The molecule has 0 radical (unpaired) electrons. The number of rotatable bonds is 3. The van der Waals surface area contributed by atoms with Gasteiger partial charge in [0.25, 0.3) is 0 Å². The molecular formula is C20H18N6. The molecule has 0 amide bonds. The van der Waals surface area contributed by atoms with Crippen LogP contribution in [0.3, 0.4) is 0 Å². The molecule has 0 N–H and O–H groups in total. The average molecular weight is 342 g/mol. The zero-order chi connectivity index (χ0) is 17.3. The van der Waals surface area contributed by atoms with Gasteiger partial charge in [-0.3, -0.25) is 9.88 Å². The average Bonchev–Trinajstić information content (AvgIpc) is 3.10. The lowest BCUT2D eigenvalue weighted by Gasteiger charge is -2.27. The molecule has 4 aromatic heterocycles. The van der Waals surface area contributed by atoms with Crippen molar-refractivity contribution >= 4 is 5.52 Å². The third-order valence-electron chi connectivity index (χ3n) is 4.76. The van der Waals surface area contributed by atoms with Crippen LogP contribution < -0.4 is 0 Å². The molecule has 1 aliphatic heterocycles. The summed E-state index contributed by atoms with van der Waals surface area (Å²) in [6, 6.07) is 12.2. The van der Waals surface area contributed by atoms with Gasteiger partial charge in [0, 0.05) is 62.0 Å². The van der Waals surface area contributed by atoms with Crippen molar-refractivity contribution in [2.45, 2.75) is 19.5 Å². The van der Waals surface area contributed by atoms with E-state index in [0.29, 0.717) is 0 Å². The second-order valence-electron chi connectivity index (χ2n) is 6.57. The number of hydrogen-bond acceptors (Lipinski definition) is 5. The molecule has 128 valence electrons. The molecule has 0 bridgehead atoms. The minimum Gasteiger partial charge on any atom is -0.293 e. The van der Waals surface area contributed by atoms with Gasteiger partial charge in [-0.2, -0.15) is 5.10 Å². The van der Waals surface area contributed by atoms with Crippen LogP contribution in [0.1, 0.15) is 17.0 Å². The molecule has 0 atom stereocenters. The fourth-order valence-electron chi connectivity index (χ4n) is 3.45. The van der Waals surface area contributed by atoms with Crippen molar-refractivity contribution in [2.75, 3.05) is 6.54 Å². The van der Waals surface area contributed by atoms with E-state index in [1.165, 1.54) is 5.56 Å². The molecule has 5 heterocycles. The first kappa shape index (κ1) is 15.2. The van der Waals surface area contributed by atoms with Gasteiger partial charge in [0.2, 0.25) is 0 Å². The van der Waals surface area contributed by atoms with Crippen LogP contribution in [-0.4, -0.2) is 36.0 Å². The van der Waals surface area contributed by atoms with Crippen molar-refractivity contribution in [2.24, 2.45) is 0 Å². The van der Waals surface area contributed by atoms with Gasteiger partial charge in [-0.25, -0.2) is 14.5 Å². The van der Waals surface area contributed by atoms with Crippen molar-refractivity contribution in [3.8, 4) is 11.4 Å². The first-order valence-electron chi connectivity index (χ1n) is 8.76. The Hall–Kier alpha value is -3.12. The maximum atomic E-state index is 4.77. The lowest BCUT2D eigenvalue weighted by atomic mass is 10.1. The molecule has 0 unspecified atom stereocenters. The number of nitrogens with zero attached hydrogens (tertiary/aromatic N) is 6. The van der Waals surface area contributed by atoms with Crippen LogP contribution in [0.15, 0.2) is 61.2 Å². The van der Waals surface area contributed by atoms with E-state index in [9.17, 15) is 0 Å². The van der Waals surface area contributed by atoms with Crippen LogP contribution in [0, 0.1) is 0 Å². The van der Waals surface area contributed by atoms with E-state index in [0.717, 1.165) is 54.3 Å². The monoisotopic (exact) mass is 342 g/mol. The molecule has 4 aromatic rings. The minimum absolute atomic E-state index is 0.778. The molecule has 26 heavy (non-hydrogen) atoms. The van der Waals surface area contributed by atoms with Crippen LogP contribution in [0.5, 0.6) is 0 Å². The Kier molecular flexibility index (Phi) is 3.68. The second-order valence-corrected chi connectivity index (χ2v) is 6.57. The van der Waals surface area contributed by atoms with Crippen molar-refractivity contribution in [1.82, 2.24) is 29.5 Å². The molecule has 0 aromatic carbocycles. The first-order valence-corrected chi connectivity index (χ1v) is 8.76. The first-order chi connectivity index (χ1) is 12.8. The lowest BCUT2D eigenvalue weighted by Crippen LogP contribution is -2.31. The number of aromatic nitrogens is 5. The van der Waals surface area contributed by atoms with Gasteiger partial charge < -0.3 is 0 Å². The SMILES string of the molecule is c1ccn2nc(CN3CCc4nc(-c5ccncc5)ncc4C3)cc2c1. The van der Waals surface area contributed by atoms with Crippen molar-refractivity contribution in [1.29, 1.82) is 0 Å². The Bertz CT molecular complexity index is 1020. The van der Waals surface area contributed by atoms with Gasteiger partial charge in [0.15, 0.2) is 5.82 Å². The molecular weight excluding hydrogens is 324 g/mol. The molecule has 0 saturated carbocycles. The zero-order valence-corrected chi connectivity index (χ0v) is 14.3. The molecule has 0 saturated heterocycles. The minimum atomic E-state index is 0.778. The summed E-state index contributed by atoms with van der Waals surface area (Å²) >= 11 is 0. The highest BCUT2D eigenvalue weighted by Gasteiger charge is 2.19. The van der Waals surface area contributed by atoms with E-state index >= 15 is 0 Å². The molecule has 6 heteroatoms. The third-order valence-corrected chi connectivity index (χ3v) is 4.76. The standard InChI is InChI=1S/C20H18N6/c1-2-9-26-18(3-1)11-17(24-26)14-25-10-6-19-16(13-25)12-22-20(23-19)15-4-7-21-8-5-15/h1-5,7-9,11-12H,6,10,13-14H2. The smallest absolute Gasteiger partial charge is 0.159 e. The zero-order valence-electron chi connectivity index (χ0n) is 14.3. The van der Waals surface area contributed by atoms with E-state index in [2.05, 4.69) is 32.1 Å². The fraction of sp³-hybridized carbons (Fsp3) is 0.200. The van der Waals surface area contributed by atoms with Crippen molar-refractivity contribution < 1.29 is 0 Å². The van der Waals surface area contributed by atoms with E-state index < -0.39 is 0 Å². The highest BCUT2D eigenvalue weighted by molar-refractivity contribution is 5.54. The van der Waals surface area contributed by atoms with Gasteiger partial charge in [-0.05, 0) is 30.3 Å². The molecule has 5 rings (SSSR count). The Morgan fingerprint density at radius 3 is 2.88 bits per heavy atom. The predicted molar refractivity (Wildman–Crippen MR) is 98.3 cm³/mol. The summed E-state index contributed by atoms with van der Waals surface area (Å²) in [4.78, 5) is 15.8. The molecule has 1 aliphatic rings. The summed E-state index contributed by atoms with van der Waals surface area (Å²) in [6.45, 7) is 2.68. The number of fused-ring (bicyclic) bond motifs is 2. The van der Waals surface area contributed by atoms with E-state index in [1.807, 2.05) is 41.2 Å². The van der Waals surface area contributed by atoms with E-state index in [-0.39, 0.29) is 0 Å².